The van der Waals surface area contributed by atoms with Crippen molar-refractivity contribution < 1.29 is 27.2 Å². The average molecular weight is 475 g/mol. The number of aromatic nitrogens is 2. The highest BCUT2D eigenvalue weighted by atomic mass is 79.9. The Morgan fingerprint density at radius 2 is 1.79 bits per heavy atom. The van der Waals surface area contributed by atoms with Crippen molar-refractivity contribution in [2.45, 2.75) is 12.6 Å². The van der Waals surface area contributed by atoms with Crippen LogP contribution in [0.2, 0.25) is 0 Å². The molecule has 6 nitrogen and oxygen atoms in total. The van der Waals surface area contributed by atoms with E-state index in [1.807, 2.05) is 0 Å². The summed E-state index contributed by atoms with van der Waals surface area (Å²) in [5, 5.41) is 2.30. The molecule has 1 aliphatic carbocycles. The summed E-state index contributed by atoms with van der Waals surface area (Å²) in [7, 11) is 0. The van der Waals surface area contributed by atoms with E-state index in [-0.39, 0.29) is 24.5 Å². The number of halogens is 5. The summed E-state index contributed by atoms with van der Waals surface area (Å²) in [6, 6.07) is 6.25. The van der Waals surface area contributed by atoms with Crippen LogP contribution in [0.3, 0.4) is 0 Å². The fraction of sp³-hybridized carbons (Fsp3) is 0.333. The summed E-state index contributed by atoms with van der Waals surface area (Å²) in [5.74, 6) is -4.38. The van der Waals surface area contributed by atoms with Crippen LogP contribution in [0.25, 0.3) is 0 Å². The Labute approximate surface area is 171 Å². The van der Waals surface area contributed by atoms with Crippen LogP contribution in [0, 0.1) is 17.7 Å². The lowest BCUT2D eigenvalue weighted by molar-refractivity contribution is -0.151. The molecule has 2 atom stereocenters. The highest BCUT2D eigenvalue weighted by molar-refractivity contribution is 9.10. The van der Waals surface area contributed by atoms with Gasteiger partial charge < -0.3 is 4.90 Å². The highest BCUT2D eigenvalue weighted by Gasteiger charge is 2.56. The Balaban J connectivity index is 1.71. The third kappa shape index (κ3) is 5.72. The molecule has 0 saturated heterocycles. The SMILES string of the molecule is O=C(CN(CC1CC1C(F)(F)F)C(=O)c1ccc(Br)cc1)Nc1ncc(F)cn1. The average Bonchev–Trinajstić information content (AvgIpc) is 3.43. The predicted molar refractivity (Wildman–Crippen MR) is 98.3 cm³/mol. The van der Waals surface area contributed by atoms with Crippen molar-refractivity contribution >= 4 is 33.7 Å². The minimum Gasteiger partial charge on any atom is -0.329 e. The van der Waals surface area contributed by atoms with Crippen molar-refractivity contribution in [3.8, 4) is 0 Å². The number of hydrogen-bond donors (Lipinski definition) is 1. The van der Waals surface area contributed by atoms with Gasteiger partial charge in [0.2, 0.25) is 11.9 Å². The van der Waals surface area contributed by atoms with Crippen LogP contribution in [0.5, 0.6) is 0 Å². The summed E-state index contributed by atoms with van der Waals surface area (Å²) in [6.45, 7) is -0.701. The quantitative estimate of drug-likeness (QED) is 0.648. The van der Waals surface area contributed by atoms with Crippen molar-refractivity contribution in [2.24, 2.45) is 11.8 Å². The zero-order valence-electron chi connectivity index (χ0n) is 14.8. The molecular formula is C18H15BrF4N4O2. The minimum atomic E-state index is -4.33. The zero-order valence-corrected chi connectivity index (χ0v) is 16.4. The Morgan fingerprint density at radius 3 is 2.34 bits per heavy atom. The second-order valence-corrected chi connectivity index (χ2v) is 7.53. The number of nitrogens with one attached hydrogen (secondary N) is 1. The minimum absolute atomic E-state index is 0.0870. The van der Waals surface area contributed by atoms with Gasteiger partial charge in [-0.25, -0.2) is 14.4 Å². The van der Waals surface area contributed by atoms with E-state index in [1.54, 1.807) is 12.1 Å². The highest BCUT2D eigenvalue weighted by Crippen LogP contribution is 2.50. The molecule has 0 spiro atoms. The lowest BCUT2D eigenvalue weighted by Gasteiger charge is -2.22. The number of hydrogen-bond acceptors (Lipinski definition) is 4. The molecule has 0 bridgehead atoms. The summed E-state index contributed by atoms with van der Waals surface area (Å²) in [4.78, 5) is 33.3. The number of rotatable bonds is 6. The van der Waals surface area contributed by atoms with Gasteiger partial charge in [-0.3, -0.25) is 14.9 Å². The van der Waals surface area contributed by atoms with Crippen molar-refractivity contribution in [3.05, 3.63) is 52.5 Å². The van der Waals surface area contributed by atoms with Crippen LogP contribution in [0.4, 0.5) is 23.5 Å². The maximum Gasteiger partial charge on any atom is 0.392 e. The molecule has 154 valence electrons. The third-order valence-electron chi connectivity index (χ3n) is 4.38. The van der Waals surface area contributed by atoms with Gasteiger partial charge >= 0.3 is 6.18 Å². The van der Waals surface area contributed by atoms with Gasteiger partial charge in [-0.15, -0.1) is 0 Å². The van der Waals surface area contributed by atoms with Gasteiger partial charge in [-0.1, -0.05) is 15.9 Å². The zero-order chi connectivity index (χ0) is 21.2. The van der Waals surface area contributed by atoms with E-state index in [1.165, 1.54) is 12.1 Å². The van der Waals surface area contributed by atoms with E-state index in [0.717, 1.165) is 21.8 Å². The Kier molecular flexibility index (Phi) is 6.15. The van der Waals surface area contributed by atoms with Crippen molar-refractivity contribution in [1.82, 2.24) is 14.9 Å². The number of carbonyl (C=O) groups is 2. The van der Waals surface area contributed by atoms with Crippen molar-refractivity contribution in [3.63, 3.8) is 0 Å². The molecule has 11 heteroatoms. The number of benzene rings is 1. The number of alkyl halides is 3. The van der Waals surface area contributed by atoms with Gasteiger partial charge in [0.25, 0.3) is 5.91 Å². The monoisotopic (exact) mass is 474 g/mol. The summed E-state index contributed by atoms with van der Waals surface area (Å²) in [6.07, 6.45) is -2.71. The predicted octanol–water partition coefficient (Wildman–Crippen LogP) is 3.66. The first-order valence-electron chi connectivity index (χ1n) is 8.52. The van der Waals surface area contributed by atoms with E-state index in [0.29, 0.717) is 0 Å². The lowest BCUT2D eigenvalue weighted by Crippen LogP contribution is -2.40. The third-order valence-corrected chi connectivity index (χ3v) is 4.91. The molecule has 2 aromatic rings. The van der Waals surface area contributed by atoms with Gasteiger partial charge in [-0.2, -0.15) is 13.2 Å². The lowest BCUT2D eigenvalue weighted by atomic mass is 10.2. The Morgan fingerprint density at radius 1 is 1.17 bits per heavy atom. The standard InChI is InChI=1S/C18H15BrF4N4O2/c19-12-3-1-10(2-4-12)16(29)27(8-11-5-14(11)18(21,22)23)9-15(28)26-17-24-6-13(20)7-25-17/h1-4,6-7,11,14H,5,8-9H2,(H,24,25,26,28). The molecule has 3 rings (SSSR count). The van der Waals surface area contributed by atoms with E-state index in [4.69, 9.17) is 0 Å². The Bertz CT molecular complexity index is 890. The maximum absolute atomic E-state index is 12.9. The van der Waals surface area contributed by atoms with Gasteiger partial charge in [0, 0.05) is 16.6 Å². The summed E-state index contributed by atoms with van der Waals surface area (Å²) >= 11 is 3.24. The maximum atomic E-state index is 12.9. The van der Waals surface area contributed by atoms with Gasteiger partial charge in [0.15, 0.2) is 5.82 Å². The molecular weight excluding hydrogens is 460 g/mol. The second-order valence-electron chi connectivity index (χ2n) is 6.61. The first kappa shape index (κ1) is 21.2. The molecule has 0 aliphatic heterocycles. The molecule has 29 heavy (non-hydrogen) atoms. The van der Waals surface area contributed by atoms with Gasteiger partial charge in [-0.05, 0) is 36.6 Å². The van der Waals surface area contributed by atoms with Crippen molar-refractivity contribution in [1.29, 1.82) is 0 Å². The molecule has 2 unspecified atom stereocenters. The first-order chi connectivity index (χ1) is 13.6. The van der Waals surface area contributed by atoms with E-state index >= 15 is 0 Å². The normalized spacial score (nSPS) is 18.2. The van der Waals surface area contributed by atoms with Crippen LogP contribution < -0.4 is 5.32 Å². The molecule has 1 N–H and O–H groups in total. The van der Waals surface area contributed by atoms with Gasteiger partial charge in [0.05, 0.1) is 18.3 Å². The van der Waals surface area contributed by atoms with Crippen molar-refractivity contribution in [2.75, 3.05) is 18.4 Å². The van der Waals surface area contributed by atoms with Crippen LogP contribution in [-0.4, -0.2) is 45.9 Å². The first-order valence-corrected chi connectivity index (χ1v) is 9.31. The van der Waals surface area contributed by atoms with Crippen LogP contribution in [0.15, 0.2) is 41.1 Å². The molecule has 2 amide bonds. The van der Waals surface area contributed by atoms with Crippen LogP contribution in [-0.2, 0) is 4.79 Å². The van der Waals surface area contributed by atoms with Crippen LogP contribution >= 0.6 is 15.9 Å². The molecule has 1 aromatic heterocycles. The van der Waals surface area contributed by atoms with Gasteiger partial charge in [0.1, 0.15) is 6.54 Å². The molecule has 0 radical (unpaired) electrons. The summed E-state index contributed by atoms with van der Waals surface area (Å²) in [5.41, 5.74) is 0.239. The number of carbonyl (C=O) groups excluding carboxylic acids is 2. The number of anilines is 1. The van der Waals surface area contributed by atoms with E-state index < -0.39 is 42.2 Å². The van der Waals surface area contributed by atoms with E-state index in [2.05, 4.69) is 31.2 Å². The Hall–Kier alpha value is -2.56. The molecule has 1 saturated carbocycles. The molecule has 1 heterocycles. The second kappa shape index (κ2) is 8.44. The fourth-order valence-electron chi connectivity index (χ4n) is 2.84. The topological polar surface area (TPSA) is 75.2 Å². The molecule has 1 aliphatic rings. The smallest absolute Gasteiger partial charge is 0.329 e. The number of amides is 2. The summed E-state index contributed by atoms with van der Waals surface area (Å²) < 4.78 is 52.2. The number of nitrogens with zero attached hydrogens (tertiary/aromatic N) is 3. The van der Waals surface area contributed by atoms with Crippen LogP contribution in [0.1, 0.15) is 16.8 Å². The molecule has 1 aromatic carbocycles. The molecule has 1 fully saturated rings. The van der Waals surface area contributed by atoms with E-state index in [9.17, 15) is 27.2 Å². The largest absolute Gasteiger partial charge is 0.392 e. The fourth-order valence-corrected chi connectivity index (χ4v) is 3.11.